The molecule has 1 amide bonds. The number of thiazole rings is 1. The van der Waals surface area contributed by atoms with E-state index in [1.807, 2.05) is 54.6 Å². The number of aromatic nitrogens is 2. The van der Waals surface area contributed by atoms with Gasteiger partial charge in [-0.3, -0.25) is 10.1 Å². The molecule has 51 heavy (non-hydrogen) atoms. The van der Waals surface area contributed by atoms with Crippen LogP contribution in [0, 0.1) is 30.1 Å². The highest BCUT2D eigenvalue weighted by atomic mass is 32.1. The number of amides is 1. The number of pyridine rings is 1. The van der Waals surface area contributed by atoms with Gasteiger partial charge in [-0.25, -0.2) is 14.8 Å². The van der Waals surface area contributed by atoms with E-state index in [4.69, 9.17) is 4.98 Å². The van der Waals surface area contributed by atoms with Crippen molar-refractivity contribution in [3.8, 4) is 11.1 Å². The molecule has 0 saturated heterocycles. The van der Waals surface area contributed by atoms with Gasteiger partial charge in [0, 0.05) is 43.5 Å². The van der Waals surface area contributed by atoms with Gasteiger partial charge < -0.3 is 14.9 Å². The van der Waals surface area contributed by atoms with Crippen LogP contribution in [0.25, 0.3) is 21.3 Å². The largest absolute Gasteiger partial charge is 0.476 e. The van der Waals surface area contributed by atoms with Crippen molar-refractivity contribution in [2.75, 3.05) is 35.3 Å². The number of nitrogens with one attached hydrogen (secondary N) is 1. The molecule has 0 spiro atoms. The van der Waals surface area contributed by atoms with Crippen molar-refractivity contribution in [1.82, 2.24) is 9.97 Å². The molecule has 0 atom stereocenters. The van der Waals surface area contributed by atoms with Crippen molar-refractivity contribution >= 4 is 50.1 Å². The zero-order chi connectivity index (χ0) is 34.9. The van der Waals surface area contributed by atoms with Crippen LogP contribution in [0.3, 0.4) is 0 Å². The van der Waals surface area contributed by atoms with Crippen LogP contribution in [0.15, 0.2) is 72.8 Å². The van der Waals surface area contributed by atoms with Gasteiger partial charge in [0.05, 0.1) is 10.2 Å². The van der Waals surface area contributed by atoms with Crippen molar-refractivity contribution in [2.24, 2.45) is 23.2 Å². The fourth-order valence-electron chi connectivity index (χ4n) is 10.5. The summed E-state index contributed by atoms with van der Waals surface area (Å²) in [6.45, 7) is 4.29. The Morgan fingerprint density at radius 2 is 1.67 bits per heavy atom. The Morgan fingerprint density at radius 1 is 0.922 bits per heavy atom. The number of anilines is 3. The van der Waals surface area contributed by atoms with Crippen LogP contribution in [0.5, 0.6) is 0 Å². The minimum atomic E-state index is -1.05. The zero-order valence-corrected chi connectivity index (χ0v) is 30.0. The molecular formula is C42H43N5O3S. The first-order valence-corrected chi connectivity index (χ1v) is 19.1. The average Bonchev–Trinajstić information content (AvgIpc) is 3.52. The third kappa shape index (κ3) is 5.85. The van der Waals surface area contributed by atoms with Gasteiger partial charge in [-0.05, 0) is 134 Å². The van der Waals surface area contributed by atoms with Crippen LogP contribution >= 0.6 is 11.3 Å². The van der Waals surface area contributed by atoms with Gasteiger partial charge in [-0.2, -0.15) is 0 Å². The Balaban J connectivity index is 0.970. The Hall–Kier alpha value is -4.76. The number of carbonyl (C=O) groups is 2. The van der Waals surface area contributed by atoms with E-state index in [2.05, 4.69) is 52.3 Å². The number of hydrogen-bond donors (Lipinski definition) is 2. The van der Waals surface area contributed by atoms with E-state index in [0.717, 1.165) is 68.9 Å². The third-order valence-corrected chi connectivity index (χ3v) is 13.1. The molecule has 4 fully saturated rings. The third-order valence-electron chi connectivity index (χ3n) is 12.2. The van der Waals surface area contributed by atoms with E-state index in [1.165, 1.54) is 49.9 Å². The first kappa shape index (κ1) is 32.2. The number of aromatic carboxylic acids is 1. The summed E-state index contributed by atoms with van der Waals surface area (Å²) in [5.74, 6) is 2.05. The number of fused-ring (bicyclic) bond motifs is 2. The lowest BCUT2D eigenvalue weighted by molar-refractivity contribution is -0.0472. The van der Waals surface area contributed by atoms with E-state index < -0.39 is 5.97 Å². The fourth-order valence-corrected chi connectivity index (χ4v) is 11.3. The molecule has 4 bridgehead atoms. The van der Waals surface area contributed by atoms with E-state index >= 15 is 0 Å². The van der Waals surface area contributed by atoms with Crippen LogP contribution in [0.1, 0.15) is 76.1 Å². The maximum atomic E-state index is 13.6. The Morgan fingerprint density at radius 3 is 2.41 bits per heavy atom. The summed E-state index contributed by atoms with van der Waals surface area (Å²) in [5, 5.41) is 14.1. The highest BCUT2D eigenvalue weighted by molar-refractivity contribution is 7.22. The Bertz CT molecular complexity index is 2120. The number of para-hydroxylation sites is 1. The van der Waals surface area contributed by atoms with Crippen LogP contribution in [-0.2, 0) is 13.0 Å². The van der Waals surface area contributed by atoms with Crippen molar-refractivity contribution in [2.45, 2.75) is 58.4 Å². The molecule has 3 heterocycles. The lowest BCUT2D eigenvalue weighted by Crippen LogP contribution is -2.50. The monoisotopic (exact) mass is 697 g/mol. The first-order valence-electron chi connectivity index (χ1n) is 18.3. The number of benzene rings is 3. The maximum Gasteiger partial charge on any atom is 0.355 e. The first-order chi connectivity index (χ1) is 24.7. The van der Waals surface area contributed by atoms with Crippen LogP contribution in [-0.4, -0.2) is 47.1 Å². The van der Waals surface area contributed by atoms with E-state index in [9.17, 15) is 14.7 Å². The Labute approximate surface area is 302 Å². The molecule has 5 aliphatic rings. The van der Waals surface area contributed by atoms with Gasteiger partial charge in [0.25, 0.3) is 5.91 Å². The molecular weight excluding hydrogens is 655 g/mol. The van der Waals surface area contributed by atoms with Crippen LogP contribution in [0.2, 0.25) is 0 Å². The lowest BCUT2D eigenvalue weighted by atomic mass is 9.49. The summed E-state index contributed by atoms with van der Waals surface area (Å²) in [7, 11) is 2.21. The molecule has 10 rings (SSSR count). The number of carboxylic acid groups (broad SMARTS) is 1. The van der Waals surface area contributed by atoms with E-state index in [1.54, 1.807) is 0 Å². The zero-order valence-electron chi connectivity index (χ0n) is 29.2. The number of rotatable bonds is 8. The topological polar surface area (TPSA) is 98.7 Å². The highest BCUT2D eigenvalue weighted by Crippen LogP contribution is 2.60. The molecule has 5 aromatic rings. The summed E-state index contributed by atoms with van der Waals surface area (Å²) in [4.78, 5) is 40.3. The minimum Gasteiger partial charge on any atom is -0.476 e. The van der Waals surface area contributed by atoms with Gasteiger partial charge in [0.15, 0.2) is 10.8 Å². The molecule has 0 radical (unpaired) electrons. The molecule has 2 N–H and O–H groups in total. The second kappa shape index (κ2) is 12.5. The van der Waals surface area contributed by atoms with Crippen molar-refractivity contribution in [1.29, 1.82) is 0 Å². The molecule has 8 nitrogen and oxygen atoms in total. The normalized spacial score (nSPS) is 23.3. The second-order valence-corrected chi connectivity index (χ2v) is 16.7. The molecule has 9 heteroatoms. The van der Waals surface area contributed by atoms with Crippen LogP contribution in [0.4, 0.5) is 16.6 Å². The predicted octanol–water partition coefficient (Wildman–Crippen LogP) is 8.83. The average molecular weight is 698 g/mol. The summed E-state index contributed by atoms with van der Waals surface area (Å²) in [5.41, 5.74) is 7.71. The SMILES string of the molecule is Cc1c(-c2ccc(N3CCc4cccc(C(=O)Nc5nc6ccccc6s5)c4C3)nc2C(=O)O)cccc1N(C)CC12CC3CC(CC(C3)C1)C2. The summed E-state index contributed by atoms with van der Waals surface area (Å²) >= 11 is 1.45. The van der Waals surface area contributed by atoms with Crippen molar-refractivity contribution in [3.05, 3.63) is 101 Å². The highest BCUT2D eigenvalue weighted by Gasteiger charge is 2.51. The van der Waals surface area contributed by atoms with Crippen molar-refractivity contribution < 1.29 is 14.7 Å². The van der Waals surface area contributed by atoms with Gasteiger partial charge in [0.2, 0.25) is 0 Å². The number of hydrogen-bond acceptors (Lipinski definition) is 7. The molecule has 2 aromatic heterocycles. The predicted molar refractivity (Wildman–Crippen MR) is 204 cm³/mol. The molecule has 4 aliphatic carbocycles. The van der Waals surface area contributed by atoms with Gasteiger partial charge >= 0.3 is 5.97 Å². The van der Waals surface area contributed by atoms with E-state index in [0.29, 0.717) is 40.6 Å². The lowest BCUT2D eigenvalue weighted by Gasteiger charge is -2.57. The molecule has 1 aliphatic heterocycles. The second-order valence-electron chi connectivity index (χ2n) is 15.6. The van der Waals surface area contributed by atoms with Crippen molar-refractivity contribution in [3.63, 3.8) is 0 Å². The summed E-state index contributed by atoms with van der Waals surface area (Å²) in [6, 6.07) is 23.8. The van der Waals surface area contributed by atoms with E-state index in [-0.39, 0.29) is 11.6 Å². The van der Waals surface area contributed by atoms with Crippen LogP contribution < -0.4 is 15.1 Å². The van der Waals surface area contributed by atoms with Gasteiger partial charge in [-0.1, -0.05) is 47.7 Å². The Kier molecular flexibility index (Phi) is 7.87. The standard InChI is InChI=1S/C42H43N5O3S/c1-25-30(8-6-11-35(25)46(2)24-42-20-26-17-27(21-42)19-28(18-26)22-42)31-13-14-37(44-38(31)40(49)50)47-16-15-29-7-5-9-32(33(29)23-47)39(48)45-41-43-34-10-3-4-12-36(34)51-41/h3-14,26-28H,15-24H2,1-2H3,(H,49,50)(H,43,45,48). The quantitative estimate of drug-likeness (QED) is 0.167. The molecule has 3 aromatic carbocycles. The number of nitrogens with zero attached hydrogens (tertiary/aromatic N) is 4. The maximum absolute atomic E-state index is 13.6. The fraction of sp³-hybridized carbons (Fsp3) is 0.381. The number of carbonyl (C=O) groups excluding carboxylic acids is 1. The molecule has 260 valence electrons. The smallest absolute Gasteiger partial charge is 0.355 e. The molecule has 0 unspecified atom stereocenters. The minimum absolute atomic E-state index is 0.0455. The van der Waals surface area contributed by atoms with Gasteiger partial charge in [-0.15, -0.1) is 0 Å². The number of carboxylic acids is 1. The summed E-state index contributed by atoms with van der Waals surface area (Å²) < 4.78 is 1.02. The summed E-state index contributed by atoms with van der Waals surface area (Å²) in [6.07, 6.45) is 9.09. The van der Waals surface area contributed by atoms with Gasteiger partial charge in [0.1, 0.15) is 5.82 Å². The molecule has 4 saturated carbocycles.